The zero-order valence-corrected chi connectivity index (χ0v) is 12.7. The van der Waals surface area contributed by atoms with Gasteiger partial charge in [0, 0.05) is 5.75 Å². The molecular formula is C17H16N2O2S. The van der Waals surface area contributed by atoms with Gasteiger partial charge in [0.05, 0.1) is 22.8 Å². The average Bonchev–Trinajstić information content (AvgIpc) is 2.56. The first kappa shape index (κ1) is 14.8. The lowest BCUT2D eigenvalue weighted by Gasteiger charge is -2.10. The molecule has 0 aliphatic carbocycles. The Kier molecular flexibility index (Phi) is 4.56. The van der Waals surface area contributed by atoms with E-state index in [1.807, 2.05) is 48.5 Å². The highest BCUT2D eigenvalue weighted by atomic mass is 32.2. The van der Waals surface area contributed by atoms with E-state index < -0.39 is 6.10 Å². The van der Waals surface area contributed by atoms with Crippen molar-refractivity contribution < 1.29 is 5.11 Å². The third-order valence-electron chi connectivity index (χ3n) is 3.36. The fourth-order valence-corrected chi connectivity index (χ4v) is 3.11. The molecule has 1 aromatic heterocycles. The number of aliphatic hydroxyl groups is 1. The molecule has 0 radical (unpaired) electrons. The van der Waals surface area contributed by atoms with Gasteiger partial charge in [0.2, 0.25) is 0 Å². The lowest BCUT2D eigenvalue weighted by Crippen LogP contribution is -2.11. The summed E-state index contributed by atoms with van der Waals surface area (Å²) in [6, 6.07) is 16.8. The molecule has 0 unspecified atom stereocenters. The highest BCUT2D eigenvalue weighted by Crippen LogP contribution is 2.20. The van der Waals surface area contributed by atoms with E-state index in [0.717, 1.165) is 5.56 Å². The number of para-hydroxylation sites is 1. The van der Waals surface area contributed by atoms with E-state index in [4.69, 9.17) is 0 Å². The second-order valence-electron chi connectivity index (χ2n) is 4.97. The Hall–Kier alpha value is -2.11. The lowest BCUT2D eigenvalue weighted by molar-refractivity contribution is 0.204. The van der Waals surface area contributed by atoms with E-state index in [9.17, 15) is 9.90 Å². The molecule has 112 valence electrons. The minimum absolute atomic E-state index is 0.121. The first-order chi connectivity index (χ1) is 10.7. The van der Waals surface area contributed by atoms with Crippen molar-refractivity contribution in [3.63, 3.8) is 0 Å². The van der Waals surface area contributed by atoms with Crippen molar-refractivity contribution >= 4 is 22.7 Å². The van der Waals surface area contributed by atoms with Gasteiger partial charge in [-0.2, -0.15) is 11.8 Å². The Bertz CT molecular complexity index is 818. The minimum Gasteiger partial charge on any atom is -0.388 e. The van der Waals surface area contributed by atoms with Crippen LogP contribution < -0.4 is 5.56 Å². The Morgan fingerprint density at radius 3 is 2.64 bits per heavy atom. The van der Waals surface area contributed by atoms with Gasteiger partial charge in [-0.25, -0.2) is 4.98 Å². The number of aliphatic hydroxyl groups excluding tert-OH is 1. The van der Waals surface area contributed by atoms with Crippen LogP contribution in [0.15, 0.2) is 59.4 Å². The van der Waals surface area contributed by atoms with Crippen LogP contribution in [0.25, 0.3) is 10.9 Å². The molecule has 0 fully saturated rings. The first-order valence-electron chi connectivity index (χ1n) is 7.03. The fourth-order valence-electron chi connectivity index (χ4n) is 2.24. The molecule has 0 aliphatic rings. The SMILES string of the molecule is O=c1[nH]c(CSC[C@H](O)c2ccccc2)nc2ccccc12. The standard InChI is InChI=1S/C17H16N2O2S/c20-15(12-6-2-1-3-7-12)10-22-11-16-18-14-9-5-4-8-13(14)17(21)19-16/h1-9,15,20H,10-11H2,(H,18,19,21)/t15-/m0/s1. The summed E-state index contributed by atoms with van der Waals surface area (Å²) in [7, 11) is 0. The molecule has 4 nitrogen and oxygen atoms in total. The number of thioether (sulfide) groups is 1. The number of benzene rings is 2. The van der Waals surface area contributed by atoms with Gasteiger partial charge < -0.3 is 10.1 Å². The van der Waals surface area contributed by atoms with Gasteiger partial charge in [-0.1, -0.05) is 42.5 Å². The number of aromatic nitrogens is 2. The van der Waals surface area contributed by atoms with Gasteiger partial charge >= 0.3 is 0 Å². The third kappa shape index (κ3) is 3.37. The van der Waals surface area contributed by atoms with Crippen LogP contribution in [-0.2, 0) is 5.75 Å². The smallest absolute Gasteiger partial charge is 0.258 e. The fraction of sp³-hybridized carbons (Fsp3) is 0.176. The second kappa shape index (κ2) is 6.77. The molecule has 0 saturated heterocycles. The molecule has 3 rings (SSSR count). The van der Waals surface area contributed by atoms with Crippen LogP contribution in [0.5, 0.6) is 0 Å². The molecule has 22 heavy (non-hydrogen) atoms. The van der Waals surface area contributed by atoms with Crippen molar-refractivity contribution in [3.8, 4) is 0 Å². The summed E-state index contributed by atoms with van der Waals surface area (Å²) in [5, 5.41) is 10.7. The van der Waals surface area contributed by atoms with Crippen LogP contribution in [0.1, 0.15) is 17.5 Å². The van der Waals surface area contributed by atoms with Crippen molar-refractivity contribution in [2.45, 2.75) is 11.9 Å². The highest BCUT2D eigenvalue weighted by molar-refractivity contribution is 7.98. The van der Waals surface area contributed by atoms with Crippen LogP contribution in [0, 0.1) is 0 Å². The van der Waals surface area contributed by atoms with Crippen molar-refractivity contribution in [1.29, 1.82) is 0 Å². The number of nitrogens with one attached hydrogen (secondary N) is 1. The van der Waals surface area contributed by atoms with Crippen LogP contribution in [0.3, 0.4) is 0 Å². The molecule has 0 spiro atoms. The molecule has 1 heterocycles. The number of fused-ring (bicyclic) bond motifs is 1. The largest absolute Gasteiger partial charge is 0.388 e. The Morgan fingerprint density at radius 1 is 1.09 bits per heavy atom. The number of nitrogens with zero attached hydrogens (tertiary/aromatic N) is 1. The molecule has 3 aromatic rings. The predicted molar refractivity (Wildman–Crippen MR) is 89.9 cm³/mol. The van der Waals surface area contributed by atoms with Gasteiger partial charge in [-0.3, -0.25) is 4.79 Å². The van der Waals surface area contributed by atoms with Gasteiger partial charge in [-0.05, 0) is 17.7 Å². The van der Waals surface area contributed by atoms with Crippen molar-refractivity contribution in [2.24, 2.45) is 0 Å². The summed E-state index contributed by atoms with van der Waals surface area (Å²) >= 11 is 1.54. The topological polar surface area (TPSA) is 66.0 Å². The van der Waals surface area contributed by atoms with Gasteiger partial charge in [0.15, 0.2) is 0 Å². The van der Waals surface area contributed by atoms with Gasteiger partial charge in [0.1, 0.15) is 5.82 Å². The third-order valence-corrected chi connectivity index (χ3v) is 4.39. The van der Waals surface area contributed by atoms with Crippen molar-refractivity contribution in [2.75, 3.05) is 5.75 Å². The summed E-state index contributed by atoms with van der Waals surface area (Å²) in [5.74, 6) is 1.75. The first-order valence-corrected chi connectivity index (χ1v) is 8.18. The van der Waals surface area contributed by atoms with Crippen molar-refractivity contribution in [3.05, 3.63) is 76.3 Å². The number of aromatic amines is 1. The molecule has 1 atom stereocenters. The molecule has 0 saturated carbocycles. The predicted octanol–water partition coefficient (Wildman–Crippen LogP) is 2.89. The molecule has 2 aromatic carbocycles. The summed E-state index contributed by atoms with van der Waals surface area (Å²) in [4.78, 5) is 19.2. The van der Waals surface area contributed by atoms with E-state index in [2.05, 4.69) is 9.97 Å². The maximum absolute atomic E-state index is 12.0. The average molecular weight is 312 g/mol. The summed E-state index contributed by atoms with van der Waals surface area (Å²) in [6.45, 7) is 0. The summed E-state index contributed by atoms with van der Waals surface area (Å²) in [6.07, 6.45) is -0.515. The van der Waals surface area contributed by atoms with Crippen LogP contribution in [0.4, 0.5) is 0 Å². The maximum atomic E-state index is 12.0. The normalized spacial score (nSPS) is 12.4. The monoisotopic (exact) mass is 312 g/mol. The number of H-pyrrole nitrogens is 1. The van der Waals surface area contributed by atoms with E-state index in [0.29, 0.717) is 28.2 Å². The number of hydrogen-bond donors (Lipinski definition) is 2. The summed E-state index contributed by atoms with van der Waals surface area (Å²) in [5.41, 5.74) is 1.48. The molecule has 5 heteroatoms. The second-order valence-corrected chi connectivity index (χ2v) is 6.00. The van der Waals surface area contributed by atoms with Crippen LogP contribution >= 0.6 is 11.8 Å². The molecule has 2 N–H and O–H groups in total. The van der Waals surface area contributed by atoms with E-state index in [1.54, 1.807) is 17.8 Å². The van der Waals surface area contributed by atoms with Gasteiger partial charge in [0.25, 0.3) is 5.56 Å². The minimum atomic E-state index is -0.515. The molecule has 0 aliphatic heterocycles. The Morgan fingerprint density at radius 2 is 1.82 bits per heavy atom. The maximum Gasteiger partial charge on any atom is 0.258 e. The molecule has 0 bridgehead atoms. The zero-order valence-electron chi connectivity index (χ0n) is 11.9. The van der Waals surface area contributed by atoms with E-state index in [-0.39, 0.29) is 5.56 Å². The quantitative estimate of drug-likeness (QED) is 0.760. The molecular weight excluding hydrogens is 296 g/mol. The van der Waals surface area contributed by atoms with E-state index >= 15 is 0 Å². The zero-order chi connectivity index (χ0) is 15.4. The van der Waals surface area contributed by atoms with Crippen LogP contribution in [0.2, 0.25) is 0 Å². The Labute approximate surface area is 132 Å². The van der Waals surface area contributed by atoms with Gasteiger partial charge in [-0.15, -0.1) is 0 Å². The highest BCUT2D eigenvalue weighted by Gasteiger charge is 2.08. The lowest BCUT2D eigenvalue weighted by atomic mass is 10.1. The number of rotatable bonds is 5. The summed E-state index contributed by atoms with van der Waals surface area (Å²) < 4.78 is 0. The van der Waals surface area contributed by atoms with E-state index in [1.165, 1.54) is 0 Å². The number of hydrogen-bond acceptors (Lipinski definition) is 4. The Balaban J connectivity index is 1.66. The van der Waals surface area contributed by atoms with Crippen LogP contribution in [-0.4, -0.2) is 20.8 Å². The van der Waals surface area contributed by atoms with Crippen molar-refractivity contribution in [1.82, 2.24) is 9.97 Å². The molecule has 0 amide bonds.